The average Bonchev–Trinajstić information content (AvgIpc) is 2.61. The normalized spacial score (nSPS) is 11.9. The van der Waals surface area contributed by atoms with E-state index in [4.69, 9.17) is 17.3 Å². The van der Waals surface area contributed by atoms with Gasteiger partial charge in [-0.25, -0.2) is 9.37 Å². The number of halogens is 2. The highest BCUT2D eigenvalue weighted by atomic mass is 35.5. The number of aryl methyl sites for hydroxylation is 1. The number of nitrogens with zero attached hydrogens (tertiary/aromatic N) is 2. The highest BCUT2D eigenvalue weighted by Crippen LogP contribution is 2.29. The zero-order valence-electron chi connectivity index (χ0n) is 14.2. The Bertz CT molecular complexity index is 783. The maximum Gasteiger partial charge on any atom is 0.251 e. The molecule has 0 saturated carbocycles. The number of hydrogen-bond donors (Lipinski definition) is 3. The molecule has 0 spiro atoms. The van der Waals surface area contributed by atoms with Gasteiger partial charge in [-0.15, -0.1) is 0 Å². The van der Waals surface area contributed by atoms with Gasteiger partial charge >= 0.3 is 0 Å². The van der Waals surface area contributed by atoms with E-state index in [-0.39, 0.29) is 5.82 Å². The smallest absolute Gasteiger partial charge is 0.251 e. The number of nitrogen functional groups attached to an aromatic ring is 1. The van der Waals surface area contributed by atoms with Gasteiger partial charge in [-0.3, -0.25) is 4.79 Å². The van der Waals surface area contributed by atoms with E-state index < -0.39 is 24.4 Å². The monoisotopic (exact) mass is 366 g/mol. The predicted octanol–water partition coefficient (Wildman–Crippen LogP) is 2.51. The van der Waals surface area contributed by atoms with Gasteiger partial charge in [-0.1, -0.05) is 11.6 Å². The minimum atomic E-state index is -0.968. The van der Waals surface area contributed by atoms with E-state index in [1.54, 1.807) is 13.8 Å². The van der Waals surface area contributed by atoms with Crippen molar-refractivity contribution in [3.8, 4) is 0 Å². The lowest BCUT2D eigenvalue weighted by molar-refractivity contribution is -0.119. The molecule has 25 heavy (non-hydrogen) atoms. The number of benzene rings is 1. The Labute approximate surface area is 150 Å². The molecule has 8 heteroatoms. The van der Waals surface area contributed by atoms with E-state index in [9.17, 15) is 14.3 Å². The van der Waals surface area contributed by atoms with Crippen LogP contribution in [-0.4, -0.2) is 35.7 Å². The van der Waals surface area contributed by atoms with Crippen LogP contribution in [0.3, 0.4) is 0 Å². The van der Waals surface area contributed by atoms with Crippen LogP contribution in [0.1, 0.15) is 11.3 Å². The number of nitrogens with one attached hydrogen (secondary N) is 1. The summed E-state index contributed by atoms with van der Waals surface area (Å²) in [5.74, 6) is -0.537. The van der Waals surface area contributed by atoms with Gasteiger partial charge in [0.1, 0.15) is 11.9 Å². The van der Waals surface area contributed by atoms with Crippen LogP contribution in [0.25, 0.3) is 0 Å². The van der Waals surface area contributed by atoms with E-state index >= 15 is 0 Å². The fourth-order valence-corrected chi connectivity index (χ4v) is 2.47. The second-order valence-electron chi connectivity index (χ2n) is 5.65. The molecule has 1 atom stereocenters. The summed E-state index contributed by atoms with van der Waals surface area (Å²) in [6.45, 7) is 3.00. The number of likely N-dealkylation sites (N-methyl/N-ethyl adjacent to an activating group) is 1. The molecule has 4 N–H and O–H groups in total. The number of nitrogens with two attached hydrogens (primary N) is 1. The molecule has 2 aromatic rings. The minimum absolute atomic E-state index is 0.277. The van der Waals surface area contributed by atoms with Crippen molar-refractivity contribution < 1.29 is 14.3 Å². The fourth-order valence-electron chi connectivity index (χ4n) is 2.33. The number of rotatable bonds is 5. The Morgan fingerprint density at radius 2 is 2.00 bits per heavy atom. The number of pyridine rings is 1. The van der Waals surface area contributed by atoms with Crippen molar-refractivity contribution in [2.45, 2.75) is 19.9 Å². The van der Waals surface area contributed by atoms with Gasteiger partial charge in [0, 0.05) is 12.7 Å². The number of aliphatic hydroxyl groups is 1. The topological polar surface area (TPSA) is 91.5 Å². The zero-order valence-corrected chi connectivity index (χ0v) is 14.9. The van der Waals surface area contributed by atoms with Crippen LogP contribution in [-0.2, 0) is 4.79 Å². The zero-order chi connectivity index (χ0) is 18.7. The van der Waals surface area contributed by atoms with Gasteiger partial charge in [-0.2, -0.15) is 0 Å². The first-order valence-corrected chi connectivity index (χ1v) is 7.96. The molecule has 6 nitrogen and oxygen atoms in total. The molecule has 0 aliphatic rings. The number of aliphatic hydroxyl groups excluding tert-OH is 1. The van der Waals surface area contributed by atoms with Gasteiger partial charge in [0.2, 0.25) is 0 Å². The van der Waals surface area contributed by atoms with Crippen LogP contribution in [0.15, 0.2) is 24.3 Å². The van der Waals surface area contributed by atoms with Gasteiger partial charge in [-0.05, 0) is 43.7 Å². The number of anilines is 3. The second kappa shape index (κ2) is 7.67. The Hall–Kier alpha value is -2.38. The standard InChI is InChI=1S/C17H20ClFN4O2/c1-9-14(18)10(2)21-16(15(9)20)22-13(8-24)17(25)23(3)12-6-4-11(19)5-7-12/h4-7,13,24H,8,20H2,1-3H3,(H,21,22)/t13-/m0/s1. The molecule has 0 radical (unpaired) electrons. The summed E-state index contributed by atoms with van der Waals surface area (Å²) in [5.41, 5.74) is 8.02. The fraction of sp³-hybridized carbons (Fsp3) is 0.294. The van der Waals surface area contributed by atoms with Crippen LogP contribution in [0.2, 0.25) is 5.02 Å². The summed E-state index contributed by atoms with van der Waals surface area (Å²) in [6, 6.07) is 4.50. The van der Waals surface area contributed by atoms with Crippen molar-refractivity contribution >= 4 is 34.7 Å². The van der Waals surface area contributed by atoms with Crippen molar-refractivity contribution in [1.29, 1.82) is 0 Å². The Morgan fingerprint density at radius 3 is 2.56 bits per heavy atom. The molecule has 134 valence electrons. The van der Waals surface area contributed by atoms with E-state index in [1.165, 1.54) is 36.2 Å². The van der Waals surface area contributed by atoms with E-state index in [1.807, 2.05) is 0 Å². The second-order valence-corrected chi connectivity index (χ2v) is 6.03. The summed E-state index contributed by atoms with van der Waals surface area (Å²) in [5, 5.41) is 12.9. The minimum Gasteiger partial charge on any atom is -0.395 e. The van der Waals surface area contributed by atoms with E-state index in [0.29, 0.717) is 27.7 Å². The van der Waals surface area contributed by atoms with Crippen LogP contribution < -0.4 is 16.0 Å². The molecule has 1 aromatic heterocycles. The van der Waals surface area contributed by atoms with Gasteiger partial charge < -0.3 is 21.1 Å². The van der Waals surface area contributed by atoms with E-state index in [2.05, 4.69) is 10.3 Å². The molecular formula is C17H20ClFN4O2. The summed E-state index contributed by atoms with van der Waals surface area (Å²) in [7, 11) is 1.54. The van der Waals surface area contributed by atoms with Crippen LogP contribution in [0.4, 0.5) is 21.6 Å². The third-order valence-corrected chi connectivity index (χ3v) is 4.48. The van der Waals surface area contributed by atoms with Gasteiger partial charge in [0.15, 0.2) is 5.82 Å². The Morgan fingerprint density at radius 1 is 1.40 bits per heavy atom. The number of aromatic nitrogens is 1. The summed E-state index contributed by atoms with van der Waals surface area (Å²) >= 11 is 6.11. The van der Waals surface area contributed by atoms with Crippen LogP contribution in [0.5, 0.6) is 0 Å². The lowest BCUT2D eigenvalue weighted by Crippen LogP contribution is -2.43. The lowest BCUT2D eigenvalue weighted by Gasteiger charge is -2.25. The number of hydrogen-bond acceptors (Lipinski definition) is 5. The quantitative estimate of drug-likeness (QED) is 0.756. The molecular weight excluding hydrogens is 347 g/mol. The molecule has 0 fully saturated rings. The predicted molar refractivity (Wildman–Crippen MR) is 97.4 cm³/mol. The van der Waals surface area contributed by atoms with Crippen LogP contribution in [0, 0.1) is 19.7 Å². The number of amides is 1. The first-order chi connectivity index (χ1) is 11.8. The summed E-state index contributed by atoms with van der Waals surface area (Å²) < 4.78 is 13.0. The highest BCUT2D eigenvalue weighted by molar-refractivity contribution is 6.32. The van der Waals surface area contributed by atoms with Crippen molar-refractivity contribution in [3.63, 3.8) is 0 Å². The third-order valence-electron chi connectivity index (χ3n) is 3.92. The third kappa shape index (κ3) is 4.00. The highest BCUT2D eigenvalue weighted by Gasteiger charge is 2.24. The molecule has 0 bridgehead atoms. The Kier molecular flexibility index (Phi) is 5.81. The molecule has 2 rings (SSSR count). The molecule has 0 aliphatic heterocycles. The number of carbonyl (C=O) groups is 1. The summed E-state index contributed by atoms with van der Waals surface area (Å²) in [6.07, 6.45) is 0. The lowest BCUT2D eigenvalue weighted by atomic mass is 10.2. The van der Waals surface area contributed by atoms with Gasteiger partial charge in [0.25, 0.3) is 5.91 Å². The van der Waals surface area contributed by atoms with E-state index in [0.717, 1.165) is 0 Å². The molecule has 1 aromatic carbocycles. The Balaban J connectivity index is 2.25. The average molecular weight is 367 g/mol. The van der Waals surface area contributed by atoms with Crippen LogP contribution >= 0.6 is 11.6 Å². The van der Waals surface area contributed by atoms with Crippen molar-refractivity contribution in [2.24, 2.45) is 0 Å². The molecule has 1 amide bonds. The maximum atomic E-state index is 13.0. The van der Waals surface area contributed by atoms with Crippen molar-refractivity contribution in [2.75, 3.05) is 29.6 Å². The largest absolute Gasteiger partial charge is 0.395 e. The molecule has 0 aliphatic carbocycles. The van der Waals surface area contributed by atoms with Crippen molar-refractivity contribution in [3.05, 3.63) is 46.4 Å². The maximum absolute atomic E-state index is 13.0. The first-order valence-electron chi connectivity index (χ1n) is 7.59. The SMILES string of the molecule is Cc1nc(N[C@@H](CO)C(=O)N(C)c2ccc(F)cc2)c(N)c(C)c1Cl. The number of carbonyl (C=O) groups excluding carboxylic acids is 1. The summed E-state index contributed by atoms with van der Waals surface area (Å²) in [4.78, 5) is 18.2. The first kappa shape index (κ1) is 19.0. The van der Waals surface area contributed by atoms with Crippen molar-refractivity contribution in [1.82, 2.24) is 4.98 Å². The molecule has 1 heterocycles. The van der Waals surface area contributed by atoms with Gasteiger partial charge in [0.05, 0.1) is 23.0 Å². The molecule has 0 saturated heterocycles. The molecule has 0 unspecified atom stereocenters.